The van der Waals surface area contributed by atoms with Crippen LogP contribution < -0.4 is 11.5 Å². The predicted molar refractivity (Wildman–Crippen MR) is 115 cm³/mol. The normalized spacial score (nSPS) is 9.73. The van der Waals surface area contributed by atoms with Gasteiger partial charge in [-0.2, -0.15) is 0 Å². The van der Waals surface area contributed by atoms with Gasteiger partial charge in [-0.3, -0.25) is 30.0 Å². The highest BCUT2D eigenvalue weighted by atomic mass is 16.6. The maximum atomic E-state index is 10.4. The molecule has 3 heterocycles. The maximum Gasteiger partial charge on any atom is 0.317 e. The number of nitrogens with zero attached hydrogens (tertiary/aromatic N) is 6. The number of aromatic hydroxyl groups is 1. The van der Waals surface area contributed by atoms with Gasteiger partial charge in [0.15, 0.2) is 17.2 Å². The number of aromatic nitrogens is 5. The van der Waals surface area contributed by atoms with Crippen molar-refractivity contribution in [3.63, 3.8) is 0 Å². The molecule has 0 aliphatic carbocycles. The summed E-state index contributed by atoms with van der Waals surface area (Å²) in [6.45, 7) is 1.36. The Hall–Kier alpha value is -5.21. The lowest BCUT2D eigenvalue weighted by Crippen LogP contribution is -2.10. The van der Waals surface area contributed by atoms with Crippen LogP contribution >= 0.6 is 0 Å². The Morgan fingerprint density at radius 1 is 1.15 bits per heavy atom. The van der Waals surface area contributed by atoms with E-state index in [1.165, 1.54) is 25.8 Å². The molecule has 0 fully saturated rings. The molecule has 6 N–H and O–H groups in total. The monoisotopic (exact) mass is 455 g/mol. The minimum absolute atomic E-state index is 0.103. The van der Waals surface area contributed by atoms with E-state index in [9.17, 15) is 30.1 Å². The van der Waals surface area contributed by atoms with Crippen LogP contribution in [0, 0.1) is 27.2 Å². The third-order valence-electron chi connectivity index (χ3n) is 3.87. The molecule has 15 nitrogen and oxygen atoms in total. The van der Waals surface area contributed by atoms with Gasteiger partial charge in [-0.1, -0.05) is 0 Å². The molecule has 0 saturated carbocycles. The summed E-state index contributed by atoms with van der Waals surface area (Å²) in [6, 6.07) is 5.08. The lowest BCUT2D eigenvalue weighted by molar-refractivity contribution is -0.394. The number of carbonyl (C=O) groups excluding carboxylic acids is 1. The van der Waals surface area contributed by atoms with Crippen LogP contribution in [-0.4, -0.2) is 45.8 Å². The van der Waals surface area contributed by atoms with E-state index in [0.29, 0.717) is 22.5 Å². The molecule has 33 heavy (non-hydrogen) atoms. The first kappa shape index (κ1) is 24.1. The predicted octanol–water partition coefficient (Wildman–Crippen LogP) is 1.63. The number of pyridine rings is 1. The van der Waals surface area contributed by atoms with E-state index in [2.05, 4.69) is 24.9 Å². The topological polar surface area (TPSA) is 243 Å². The minimum atomic E-state index is -0.866. The van der Waals surface area contributed by atoms with Gasteiger partial charge in [0.1, 0.15) is 11.8 Å². The first-order chi connectivity index (χ1) is 15.6. The number of nitrogens with two attached hydrogens (primary N) is 2. The Morgan fingerprint density at radius 2 is 1.88 bits per heavy atom. The highest BCUT2D eigenvalue weighted by molar-refractivity contribution is 5.92. The number of carbonyl (C=O) groups is 1. The maximum absolute atomic E-state index is 10.4. The Kier molecular flexibility index (Phi) is 7.81. The molecule has 170 valence electrons. The summed E-state index contributed by atoms with van der Waals surface area (Å²) in [5, 5.41) is 29.9. The van der Waals surface area contributed by atoms with Crippen LogP contribution in [0.4, 0.5) is 17.2 Å². The number of benzene rings is 1. The Labute approximate surface area is 184 Å². The van der Waals surface area contributed by atoms with Gasteiger partial charge in [0.2, 0.25) is 5.91 Å². The van der Waals surface area contributed by atoms with Crippen LogP contribution in [0.3, 0.4) is 0 Å². The van der Waals surface area contributed by atoms with Crippen molar-refractivity contribution in [3.05, 3.63) is 80.7 Å². The molecule has 0 spiro atoms. The Bertz CT molecular complexity index is 1290. The van der Waals surface area contributed by atoms with Gasteiger partial charge in [-0.25, -0.2) is 15.0 Å². The number of H-pyrrole nitrogens is 1. The van der Waals surface area contributed by atoms with Crippen LogP contribution in [0.15, 0.2) is 49.3 Å². The van der Waals surface area contributed by atoms with Crippen molar-refractivity contribution in [3.8, 4) is 5.75 Å². The molecule has 0 atom stereocenters. The zero-order chi connectivity index (χ0) is 24.5. The third kappa shape index (κ3) is 6.38. The molecule has 4 rings (SSSR count). The quantitative estimate of drug-likeness (QED) is 0.255. The number of non-ortho nitro benzene ring substituents is 1. The van der Waals surface area contributed by atoms with Gasteiger partial charge in [-0.15, -0.1) is 0 Å². The first-order valence-corrected chi connectivity index (χ1v) is 8.83. The van der Waals surface area contributed by atoms with E-state index in [0.717, 1.165) is 12.1 Å². The van der Waals surface area contributed by atoms with Crippen molar-refractivity contribution in [2.24, 2.45) is 5.73 Å². The summed E-state index contributed by atoms with van der Waals surface area (Å²) < 4.78 is 0. The molecule has 0 unspecified atom stereocenters. The number of nitro groups is 2. The molecule has 15 heteroatoms. The number of imidazole rings is 1. The highest BCUT2D eigenvalue weighted by Gasteiger charge is 2.21. The molecule has 1 amide bonds. The number of nitrogen functional groups attached to an aromatic ring is 1. The summed E-state index contributed by atoms with van der Waals surface area (Å²) in [6.07, 6.45) is 5.95. The molecular weight excluding hydrogens is 438 g/mol. The fourth-order valence-electron chi connectivity index (χ4n) is 2.28. The largest absolute Gasteiger partial charge is 0.502 e. The zero-order valence-electron chi connectivity index (χ0n) is 16.9. The van der Waals surface area contributed by atoms with Gasteiger partial charge < -0.3 is 21.6 Å². The molecule has 0 aliphatic heterocycles. The molecule has 0 aliphatic rings. The van der Waals surface area contributed by atoms with Crippen molar-refractivity contribution in [1.29, 1.82) is 0 Å². The molecule has 0 bridgehead atoms. The van der Waals surface area contributed by atoms with E-state index in [1.54, 1.807) is 18.3 Å². The number of phenolic OH excluding ortho intramolecular Hbond substituents is 1. The SMILES string of the molecule is Cc1cc([N+](=O)[O-])cc([N+](=O)[O-])c1O.NC(=O)c1cccnc1.Nc1ncnc2nc[nH]c12. The average Bonchev–Trinajstić information content (AvgIpc) is 3.27. The fraction of sp³-hybridized carbons (Fsp3) is 0.0556. The van der Waals surface area contributed by atoms with Crippen molar-refractivity contribution in [1.82, 2.24) is 24.9 Å². The van der Waals surface area contributed by atoms with Gasteiger partial charge in [0, 0.05) is 24.0 Å². The second-order valence-corrected chi connectivity index (χ2v) is 6.11. The van der Waals surface area contributed by atoms with E-state index in [4.69, 9.17) is 11.5 Å². The number of phenols is 1. The van der Waals surface area contributed by atoms with Crippen molar-refractivity contribution in [2.45, 2.75) is 6.92 Å². The number of rotatable bonds is 3. The molecule has 4 aromatic rings. The fourth-order valence-corrected chi connectivity index (χ4v) is 2.28. The van der Waals surface area contributed by atoms with Crippen LogP contribution in [0.5, 0.6) is 5.75 Å². The number of nitrogens with one attached hydrogen (secondary N) is 1. The second-order valence-electron chi connectivity index (χ2n) is 6.11. The van der Waals surface area contributed by atoms with Crippen LogP contribution in [0.25, 0.3) is 11.2 Å². The number of anilines is 1. The average molecular weight is 455 g/mol. The number of amides is 1. The number of aromatic amines is 1. The summed E-state index contributed by atoms with van der Waals surface area (Å²) in [5.41, 5.74) is 11.2. The highest BCUT2D eigenvalue weighted by Crippen LogP contribution is 2.33. The number of primary amides is 1. The molecule has 0 saturated heterocycles. The number of hydrogen-bond acceptors (Lipinski definition) is 11. The van der Waals surface area contributed by atoms with E-state index < -0.39 is 32.9 Å². The number of hydrogen-bond donors (Lipinski definition) is 4. The number of nitro benzene ring substituents is 2. The molecule has 1 aromatic carbocycles. The van der Waals surface area contributed by atoms with Crippen molar-refractivity contribution in [2.75, 3.05) is 5.73 Å². The molecule has 0 radical (unpaired) electrons. The van der Waals surface area contributed by atoms with Crippen molar-refractivity contribution < 1.29 is 19.7 Å². The van der Waals surface area contributed by atoms with E-state index in [1.807, 2.05) is 0 Å². The zero-order valence-corrected chi connectivity index (χ0v) is 16.9. The summed E-state index contributed by atoms with van der Waals surface area (Å²) in [5.74, 6) is -0.550. The smallest absolute Gasteiger partial charge is 0.317 e. The van der Waals surface area contributed by atoms with Crippen molar-refractivity contribution >= 4 is 34.3 Å². The second kappa shape index (κ2) is 10.7. The lowest BCUT2D eigenvalue weighted by Gasteiger charge is -1.99. The van der Waals surface area contributed by atoms with Gasteiger partial charge >= 0.3 is 5.69 Å². The number of fused-ring (bicyclic) bond motifs is 1. The van der Waals surface area contributed by atoms with Crippen LogP contribution in [0.1, 0.15) is 15.9 Å². The minimum Gasteiger partial charge on any atom is -0.502 e. The Morgan fingerprint density at radius 3 is 2.39 bits per heavy atom. The van der Waals surface area contributed by atoms with Gasteiger partial charge in [-0.05, 0) is 19.1 Å². The van der Waals surface area contributed by atoms with Crippen LogP contribution in [0.2, 0.25) is 0 Å². The number of aryl methyl sites for hydroxylation is 1. The van der Waals surface area contributed by atoms with E-state index in [-0.39, 0.29) is 5.56 Å². The van der Waals surface area contributed by atoms with Crippen LogP contribution in [-0.2, 0) is 0 Å². The summed E-state index contributed by atoms with van der Waals surface area (Å²) in [7, 11) is 0. The summed E-state index contributed by atoms with van der Waals surface area (Å²) >= 11 is 0. The van der Waals surface area contributed by atoms with Gasteiger partial charge in [0.05, 0.1) is 27.8 Å². The third-order valence-corrected chi connectivity index (χ3v) is 3.87. The Balaban J connectivity index is 0.000000180. The standard InChI is InChI=1S/C7H6N2O5.C6H6N2O.C5H5N5/c1-4-2-5(8(11)12)3-6(7(4)10)9(13)14;7-6(9)5-2-1-3-8-4-5;6-4-3-5(9-1-7-3)10-2-8-4/h2-3,10H,1H3;1-4H,(H2,7,9);1-2H,(H3,6,7,8,9,10). The molecule has 3 aromatic heterocycles. The lowest BCUT2D eigenvalue weighted by atomic mass is 10.1. The van der Waals surface area contributed by atoms with E-state index >= 15 is 0 Å². The first-order valence-electron chi connectivity index (χ1n) is 8.83. The van der Waals surface area contributed by atoms with Gasteiger partial charge in [0.25, 0.3) is 5.69 Å². The molecular formula is C18H17N9O6. The summed E-state index contributed by atoms with van der Waals surface area (Å²) in [4.78, 5) is 47.5.